The van der Waals surface area contributed by atoms with Crippen LogP contribution in [-0.2, 0) is 6.18 Å². The molecule has 2 heterocycles. The highest BCUT2D eigenvalue weighted by molar-refractivity contribution is 6.33. The van der Waals surface area contributed by atoms with Crippen LogP contribution in [0.15, 0.2) is 41.1 Å². The molecule has 128 valence electrons. The van der Waals surface area contributed by atoms with Crippen LogP contribution in [0.2, 0.25) is 5.02 Å². The van der Waals surface area contributed by atoms with Gasteiger partial charge in [0.05, 0.1) is 21.1 Å². The summed E-state index contributed by atoms with van der Waals surface area (Å²) in [5, 5.41) is 14.3. The molecule has 2 aromatic heterocycles. The van der Waals surface area contributed by atoms with Crippen molar-refractivity contribution in [3.8, 4) is 23.0 Å². The molecule has 0 aliphatic rings. The molecule has 0 aliphatic heterocycles. The van der Waals surface area contributed by atoms with Crippen LogP contribution < -0.4 is 0 Å². The van der Waals surface area contributed by atoms with E-state index in [9.17, 15) is 23.3 Å². The van der Waals surface area contributed by atoms with Crippen molar-refractivity contribution in [3.05, 3.63) is 57.2 Å². The molecule has 3 aromatic rings. The molecule has 0 N–H and O–H groups in total. The van der Waals surface area contributed by atoms with Gasteiger partial charge >= 0.3 is 6.18 Å². The number of hydrogen-bond acceptors (Lipinski definition) is 6. The second-order valence-corrected chi connectivity index (χ2v) is 5.18. The molecular weight excluding hydrogens is 365 g/mol. The van der Waals surface area contributed by atoms with Crippen LogP contribution in [0.1, 0.15) is 5.56 Å². The SMILES string of the molecule is O=[N+]([O-])c1ccc(-c2nc(-c3ccc(C(F)(F)F)cn3)no2)c(Cl)c1. The van der Waals surface area contributed by atoms with Crippen molar-refractivity contribution in [2.45, 2.75) is 6.18 Å². The van der Waals surface area contributed by atoms with Gasteiger partial charge in [0.15, 0.2) is 0 Å². The molecule has 7 nitrogen and oxygen atoms in total. The van der Waals surface area contributed by atoms with Crippen LogP contribution >= 0.6 is 11.6 Å². The maximum Gasteiger partial charge on any atom is 0.417 e. The quantitative estimate of drug-likeness (QED) is 0.501. The summed E-state index contributed by atoms with van der Waals surface area (Å²) in [6.45, 7) is 0. The van der Waals surface area contributed by atoms with E-state index in [1.165, 1.54) is 12.1 Å². The van der Waals surface area contributed by atoms with E-state index in [-0.39, 0.29) is 33.7 Å². The molecular formula is C14H6ClF3N4O3. The van der Waals surface area contributed by atoms with Crippen molar-refractivity contribution in [3.63, 3.8) is 0 Å². The molecule has 0 saturated carbocycles. The Labute approximate surface area is 142 Å². The van der Waals surface area contributed by atoms with E-state index in [0.29, 0.717) is 6.20 Å². The van der Waals surface area contributed by atoms with E-state index in [1.807, 2.05) is 0 Å². The van der Waals surface area contributed by atoms with Crippen molar-refractivity contribution in [1.29, 1.82) is 0 Å². The van der Waals surface area contributed by atoms with Gasteiger partial charge in [0.25, 0.3) is 11.6 Å². The van der Waals surface area contributed by atoms with Crippen LogP contribution in [0.25, 0.3) is 23.0 Å². The highest BCUT2D eigenvalue weighted by Gasteiger charge is 2.31. The largest absolute Gasteiger partial charge is 0.417 e. The van der Waals surface area contributed by atoms with Gasteiger partial charge < -0.3 is 4.52 Å². The molecule has 0 aliphatic carbocycles. The number of rotatable bonds is 3. The number of nitrogens with zero attached hydrogens (tertiary/aromatic N) is 4. The summed E-state index contributed by atoms with van der Waals surface area (Å²) >= 11 is 5.96. The first-order valence-corrected chi connectivity index (χ1v) is 6.95. The third kappa shape index (κ3) is 3.43. The van der Waals surface area contributed by atoms with Crippen LogP contribution in [0.5, 0.6) is 0 Å². The Morgan fingerprint density at radius 3 is 2.52 bits per heavy atom. The lowest BCUT2D eigenvalue weighted by Gasteiger charge is -2.05. The first-order valence-electron chi connectivity index (χ1n) is 6.57. The molecule has 0 bridgehead atoms. The number of nitro groups is 1. The fraction of sp³-hybridized carbons (Fsp3) is 0.0714. The minimum atomic E-state index is -4.50. The van der Waals surface area contributed by atoms with Gasteiger partial charge in [-0.1, -0.05) is 16.8 Å². The molecule has 3 rings (SSSR count). The van der Waals surface area contributed by atoms with Crippen molar-refractivity contribution in [2.24, 2.45) is 0 Å². The van der Waals surface area contributed by atoms with Gasteiger partial charge in [-0.05, 0) is 18.2 Å². The fourth-order valence-electron chi connectivity index (χ4n) is 1.92. The third-order valence-electron chi connectivity index (χ3n) is 3.14. The Hall–Kier alpha value is -3.01. The molecule has 0 saturated heterocycles. The summed E-state index contributed by atoms with van der Waals surface area (Å²) in [5.74, 6) is -0.0882. The number of non-ortho nitro benzene ring substituents is 1. The predicted molar refractivity (Wildman–Crippen MR) is 79.6 cm³/mol. The van der Waals surface area contributed by atoms with Crippen LogP contribution in [0.4, 0.5) is 18.9 Å². The van der Waals surface area contributed by atoms with Crippen LogP contribution in [-0.4, -0.2) is 20.0 Å². The Balaban J connectivity index is 1.91. The summed E-state index contributed by atoms with van der Waals surface area (Å²) in [6, 6.07) is 5.61. The van der Waals surface area contributed by atoms with Gasteiger partial charge in [-0.25, -0.2) is 0 Å². The number of pyridine rings is 1. The number of alkyl halides is 3. The lowest BCUT2D eigenvalue weighted by atomic mass is 10.2. The van der Waals surface area contributed by atoms with Gasteiger partial charge in [0, 0.05) is 18.3 Å². The average Bonchev–Trinajstić information content (AvgIpc) is 3.03. The zero-order chi connectivity index (χ0) is 18.2. The van der Waals surface area contributed by atoms with E-state index >= 15 is 0 Å². The topological polar surface area (TPSA) is 95.0 Å². The number of nitro benzene ring substituents is 1. The highest BCUT2D eigenvalue weighted by Crippen LogP contribution is 2.32. The Bertz CT molecular complexity index is 941. The van der Waals surface area contributed by atoms with Gasteiger partial charge in [-0.2, -0.15) is 18.2 Å². The maximum absolute atomic E-state index is 12.5. The molecule has 11 heteroatoms. The van der Waals surface area contributed by atoms with E-state index in [4.69, 9.17) is 16.1 Å². The van der Waals surface area contributed by atoms with E-state index in [1.54, 1.807) is 0 Å². The third-order valence-corrected chi connectivity index (χ3v) is 3.45. The standard InChI is InChI=1S/C14H6ClF3N4O3/c15-10-5-8(22(23)24)2-3-9(10)13-20-12(21-25-13)11-4-1-7(6-19-11)14(16,17)18/h1-6H. The Kier molecular flexibility index (Phi) is 4.13. The smallest absolute Gasteiger partial charge is 0.334 e. The van der Waals surface area contributed by atoms with Crippen LogP contribution in [0, 0.1) is 10.1 Å². The second-order valence-electron chi connectivity index (χ2n) is 4.77. The summed E-state index contributed by atoms with van der Waals surface area (Å²) in [7, 11) is 0. The normalized spacial score (nSPS) is 11.5. The molecule has 0 unspecified atom stereocenters. The van der Waals surface area contributed by atoms with Gasteiger partial charge in [0.1, 0.15) is 5.69 Å². The van der Waals surface area contributed by atoms with Crippen molar-refractivity contribution in [1.82, 2.24) is 15.1 Å². The van der Waals surface area contributed by atoms with E-state index in [2.05, 4.69) is 15.1 Å². The van der Waals surface area contributed by atoms with Crippen molar-refractivity contribution in [2.75, 3.05) is 0 Å². The first kappa shape index (κ1) is 16.8. The fourth-order valence-corrected chi connectivity index (χ4v) is 2.18. The Morgan fingerprint density at radius 1 is 1.20 bits per heavy atom. The summed E-state index contributed by atoms with van der Waals surface area (Å²) in [5.41, 5.74) is -0.796. The minimum Gasteiger partial charge on any atom is -0.334 e. The molecule has 0 fully saturated rings. The predicted octanol–water partition coefficient (Wildman–Crippen LogP) is 4.38. The molecule has 0 spiro atoms. The number of aromatic nitrogens is 3. The van der Waals surface area contributed by atoms with Gasteiger partial charge in [-0.3, -0.25) is 15.1 Å². The van der Waals surface area contributed by atoms with E-state index < -0.39 is 16.7 Å². The van der Waals surface area contributed by atoms with E-state index in [0.717, 1.165) is 18.2 Å². The van der Waals surface area contributed by atoms with Gasteiger partial charge in [-0.15, -0.1) is 0 Å². The minimum absolute atomic E-state index is 0.0183. The zero-order valence-corrected chi connectivity index (χ0v) is 12.7. The highest BCUT2D eigenvalue weighted by atomic mass is 35.5. The van der Waals surface area contributed by atoms with Crippen LogP contribution in [0.3, 0.4) is 0 Å². The lowest BCUT2D eigenvalue weighted by molar-refractivity contribution is -0.384. The van der Waals surface area contributed by atoms with Gasteiger partial charge in [0.2, 0.25) is 5.82 Å². The summed E-state index contributed by atoms with van der Waals surface area (Å²) < 4.78 is 42.6. The molecule has 0 atom stereocenters. The average molecular weight is 371 g/mol. The summed E-state index contributed by atoms with van der Waals surface area (Å²) in [6.07, 6.45) is -3.84. The van der Waals surface area contributed by atoms with Crippen molar-refractivity contribution < 1.29 is 22.6 Å². The summed E-state index contributed by atoms with van der Waals surface area (Å²) in [4.78, 5) is 17.7. The zero-order valence-electron chi connectivity index (χ0n) is 12.0. The van der Waals surface area contributed by atoms with Crippen molar-refractivity contribution >= 4 is 17.3 Å². The number of hydrogen-bond donors (Lipinski definition) is 0. The first-order chi connectivity index (χ1) is 11.8. The molecule has 0 amide bonds. The molecule has 0 radical (unpaired) electrons. The maximum atomic E-state index is 12.5. The lowest BCUT2D eigenvalue weighted by Crippen LogP contribution is -2.05. The monoisotopic (exact) mass is 370 g/mol. The second kappa shape index (κ2) is 6.13. The number of benzene rings is 1. The molecule has 25 heavy (non-hydrogen) atoms. The Morgan fingerprint density at radius 2 is 1.96 bits per heavy atom. The molecule has 1 aromatic carbocycles. The number of halogens is 4.